The lowest BCUT2D eigenvalue weighted by Crippen LogP contribution is -2.30. The highest BCUT2D eigenvalue weighted by molar-refractivity contribution is 5.81. The first-order chi connectivity index (χ1) is 8.93. The largest absolute Gasteiger partial charge is 0.406 e. The number of rotatable bonds is 2. The van der Waals surface area contributed by atoms with Crippen molar-refractivity contribution in [2.75, 3.05) is 0 Å². The highest BCUT2D eigenvalue weighted by Gasteiger charge is 2.40. The maximum absolute atomic E-state index is 12.5. The molecule has 0 aliphatic rings. The third-order valence-corrected chi connectivity index (χ3v) is 2.82. The minimum atomic E-state index is -4.64. The first kappa shape index (κ1) is 13.1. The van der Waals surface area contributed by atoms with Gasteiger partial charge in [-0.25, -0.2) is 0 Å². The molecule has 2 rings (SSSR count). The number of aromatic nitrogens is 1. The Morgan fingerprint density at radius 2 is 1.95 bits per heavy atom. The van der Waals surface area contributed by atoms with Crippen LogP contribution in [0, 0.1) is 17.2 Å². The van der Waals surface area contributed by atoms with Crippen LogP contribution in [0.25, 0.3) is 10.8 Å². The van der Waals surface area contributed by atoms with E-state index in [1.165, 1.54) is 12.3 Å². The Bertz CT molecular complexity index is 697. The van der Waals surface area contributed by atoms with Crippen molar-refractivity contribution in [2.45, 2.75) is 12.7 Å². The van der Waals surface area contributed by atoms with E-state index in [4.69, 9.17) is 5.26 Å². The second-order valence-corrected chi connectivity index (χ2v) is 4.08. The average molecular weight is 266 g/mol. The van der Waals surface area contributed by atoms with Crippen LogP contribution in [0.4, 0.5) is 13.2 Å². The van der Waals surface area contributed by atoms with Gasteiger partial charge < -0.3 is 4.57 Å². The van der Waals surface area contributed by atoms with E-state index >= 15 is 0 Å². The van der Waals surface area contributed by atoms with Crippen LogP contribution in [0.2, 0.25) is 0 Å². The van der Waals surface area contributed by atoms with Gasteiger partial charge in [0.1, 0.15) is 0 Å². The molecule has 0 amide bonds. The van der Waals surface area contributed by atoms with E-state index in [2.05, 4.69) is 0 Å². The Morgan fingerprint density at radius 3 is 2.58 bits per heavy atom. The maximum Gasteiger partial charge on any atom is 0.406 e. The zero-order chi connectivity index (χ0) is 14.0. The number of nitriles is 1. The summed E-state index contributed by atoms with van der Waals surface area (Å²) in [5.74, 6) is -2.19. The fraction of sp³-hybridized carbons (Fsp3) is 0.231. The van der Waals surface area contributed by atoms with Crippen LogP contribution in [-0.2, 0) is 6.54 Å². The van der Waals surface area contributed by atoms with E-state index in [1.54, 1.807) is 30.3 Å². The van der Waals surface area contributed by atoms with Crippen molar-refractivity contribution in [3.63, 3.8) is 0 Å². The zero-order valence-electron chi connectivity index (χ0n) is 9.69. The van der Waals surface area contributed by atoms with Gasteiger partial charge in [-0.3, -0.25) is 4.79 Å². The van der Waals surface area contributed by atoms with E-state index in [1.807, 2.05) is 0 Å². The summed E-state index contributed by atoms with van der Waals surface area (Å²) in [7, 11) is 0. The van der Waals surface area contributed by atoms with E-state index in [0.29, 0.717) is 10.8 Å². The number of hydrogen-bond acceptors (Lipinski definition) is 2. The van der Waals surface area contributed by atoms with Crippen molar-refractivity contribution in [3.8, 4) is 6.07 Å². The molecule has 0 aliphatic carbocycles. The molecule has 0 radical (unpaired) electrons. The number of nitrogens with zero attached hydrogens (tertiary/aromatic N) is 2. The highest BCUT2D eigenvalue weighted by atomic mass is 19.4. The summed E-state index contributed by atoms with van der Waals surface area (Å²) in [6.45, 7) is -0.691. The number of fused-ring (bicyclic) bond motifs is 1. The molecule has 1 aromatic carbocycles. The van der Waals surface area contributed by atoms with Crippen molar-refractivity contribution < 1.29 is 13.2 Å². The number of benzene rings is 1. The number of alkyl halides is 3. The Morgan fingerprint density at radius 1 is 1.26 bits per heavy atom. The quantitative estimate of drug-likeness (QED) is 0.839. The molecule has 1 unspecified atom stereocenters. The summed E-state index contributed by atoms with van der Waals surface area (Å²) >= 11 is 0. The first-order valence-corrected chi connectivity index (χ1v) is 5.48. The molecule has 3 nitrogen and oxygen atoms in total. The normalized spacial score (nSPS) is 13.2. The molecule has 0 N–H and O–H groups in total. The van der Waals surface area contributed by atoms with Gasteiger partial charge in [-0.1, -0.05) is 18.2 Å². The fourth-order valence-corrected chi connectivity index (χ4v) is 1.79. The van der Waals surface area contributed by atoms with Crippen molar-refractivity contribution >= 4 is 10.8 Å². The minimum absolute atomic E-state index is 0.337. The summed E-state index contributed by atoms with van der Waals surface area (Å²) in [6, 6.07) is 9.36. The Balaban J connectivity index is 2.45. The van der Waals surface area contributed by atoms with Crippen LogP contribution in [-0.4, -0.2) is 10.7 Å². The minimum Gasteiger partial charge on any atom is -0.313 e. The molecule has 0 fully saturated rings. The molecule has 19 heavy (non-hydrogen) atoms. The van der Waals surface area contributed by atoms with Gasteiger partial charge in [0.2, 0.25) is 0 Å². The first-order valence-electron chi connectivity index (χ1n) is 5.48. The van der Waals surface area contributed by atoms with Gasteiger partial charge in [0.25, 0.3) is 5.56 Å². The molecule has 0 aliphatic heterocycles. The smallest absolute Gasteiger partial charge is 0.313 e. The SMILES string of the molecule is N#CC(Cn1ccc2ccccc2c1=O)C(F)(F)F. The van der Waals surface area contributed by atoms with E-state index in [9.17, 15) is 18.0 Å². The van der Waals surface area contributed by atoms with Crippen molar-refractivity contribution in [1.29, 1.82) is 5.26 Å². The van der Waals surface area contributed by atoms with Crippen LogP contribution in [0.1, 0.15) is 0 Å². The van der Waals surface area contributed by atoms with Gasteiger partial charge in [0.15, 0.2) is 5.92 Å². The lowest BCUT2D eigenvalue weighted by Gasteiger charge is -2.14. The predicted octanol–water partition coefficient (Wildman–Crippen LogP) is 2.70. The zero-order valence-corrected chi connectivity index (χ0v) is 9.69. The van der Waals surface area contributed by atoms with Crippen LogP contribution < -0.4 is 5.56 Å². The molecular formula is C13H9F3N2O. The molecule has 0 saturated heterocycles. The monoisotopic (exact) mass is 266 g/mol. The average Bonchev–Trinajstić information content (AvgIpc) is 2.37. The second kappa shape index (κ2) is 4.76. The summed E-state index contributed by atoms with van der Waals surface area (Å²) in [5, 5.41) is 9.54. The molecule has 1 aromatic heterocycles. The molecule has 98 valence electrons. The third kappa shape index (κ3) is 2.60. The highest BCUT2D eigenvalue weighted by Crippen LogP contribution is 2.26. The lowest BCUT2D eigenvalue weighted by molar-refractivity contribution is -0.162. The fourth-order valence-electron chi connectivity index (χ4n) is 1.79. The number of hydrogen-bond donors (Lipinski definition) is 0. The molecular weight excluding hydrogens is 257 g/mol. The molecule has 1 atom stereocenters. The van der Waals surface area contributed by atoms with Crippen molar-refractivity contribution in [3.05, 3.63) is 46.9 Å². The van der Waals surface area contributed by atoms with Crippen LogP contribution >= 0.6 is 0 Å². The summed E-state index contributed by atoms with van der Waals surface area (Å²) < 4.78 is 38.5. The van der Waals surface area contributed by atoms with Crippen LogP contribution in [0.3, 0.4) is 0 Å². The van der Waals surface area contributed by atoms with Crippen LogP contribution in [0.15, 0.2) is 41.3 Å². The van der Waals surface area contributed by atoms with Gasteiger partial charge >= 0.3 is 6.18 Å². The topological polar surface area (TPSA) is 45.8 Å². The molecule has 0 bridgehead atoms. The lowest BCUT2D eigenvalue weighted by atomic mass is 10.1. The Kier molecular flexibility index (Phi) is 3.30. The van der Waals surface area contributed by atoms with E-state index < -0.39 is 24.2 Å². The Hall–Kier alpha value is -2.29. The maximum atomic E-state index is 12.5. The van der Waals surface area contributed by atoms with Gasteiger partial charge in [-0.05, 0) is 17.5 Å². The predicted molar refractivity (Wildman–Crippen MR) is 63.4 cm³/mol. The summed E-state index contributed by atoms with van der Waals surface area (Å²) in [5.41, 5.74) is -0.525. The van der Waals surface area contributed by atoms with Gasteiger partial charge in [-0.15, -0.1) is 0 Å². The summed E-state index contributed by atoms with van der Waals surface area (Å²) in [4.78, 5) is 12.0. The summed E-state index contributed by atoms with van der Waals surface area (Å²) in [6.07, 6.45) is -3.36. The van der Waals surface area contributed by atoms with Crippen molar-refractivity contribution in [2.24, 2.45) is 5.92 Å². The molecule has 2 aromatic rings. The van der Waals surface area contributed by atoms with Gasteiger partial charge in [-0.2, -0.15) is 18.4 Å². The number of pyridine rings is 1. The number of halogens is 3. The second-order valence-electron chi connectivity index (χ2n) is 4.08. The molecule has 0 saturated carbocycles. The Labute approximate surface area is 106 Å². The standard InChI is InChI=1S/C13H9F3N2O/c14-13(15,16)10(7-17)8-18-6-5-9-3-1-2-4-11(9)12(18)19/h1-6,10H,8H2. The van der Waals surface area contributed by atoms with E-state index in [0.717, 1.165) is 4.57 Å². The van der Waals surface area contributed by atoms with Gasteiger partial charge in [0, 0.05) is 11.6 Å². The molecule has 0 spiro atoms. The molecule has 1 heterocycles. The van der Waals surface area contributed by atoms with Crippen molar-refractivity contribution in [1.82, 2.24) is 4.57 Å². The van der Waals surface area contributed by atoms with Crippen LogP contribution in [0.5, 0.6) is 0 Å². The molecule has 6 heteroatoms. The van der Waals surface area contributed by atoms with Gasteiger partial charge in [0.05, 0.1) is 12.6 Å². The van der Waals surface area contributed by atoms with E-state index in [-0.39, 0.29) is 0 Å². The third-order valence-electron chi connectivity index (χ3n) is 2.82.